The first-order valence-electron chi connectivity index (χ1n) is 4.21. The average molecular weight is 239 g/mol. The Morgan fingerprint density at radius 1 is 1.31 bits per heavy atom. The van der Waals surface area contributed by atoms with Crippen molar-refractivity contribution < 1.29 is 0 Å². The van der Waals surface area contributed by atoms with Crippen molar-refractivity contribution in [2.24, 2.45) is 0 Å². The minimum Gasteiger partial charge on any atom is -0.303 e. The molecule has 0 saturated heterocycles. The lowest BCUT2D eigenvalue weighted by atomic mass is 10.3. The summed E-state index contributed by atoms with van der Waals surface area (Å²) in [6.45, 7) is 6.19. The fourth-order valence-corrected chi connectivity index (χ4v) is 1.71. The molecule has 0 unspecified atom stereocenters. The van der Waals surface area contributed by atoms with E-state index in [0.717, 1.165) is 15.8 Å². The SMILES string of the molecule is Cc1cc2nc(C)c(C)n2cc1Br. The van der Waals surface area contributed by atoms with E-state index in [9.17, 15) is 0 Å². The lowest BCUT2D eigenvalue weighted by Gasteiger charge is -2.00. The molecule has 68 valence electrons. The molecule has 0 fully saturated rings. The van der Waals surface area contributed by atoms with E-state index in [1.54, 1.807) is 0 Å². The highest BCUT2D eigenvalue weighted by atomic mass is 79.9. The Balaban J connectivity index is 2.89. The number of rotatable bonds is 0. The van der Waals surface area contributed by atoms with Gasteiger partial charge in [0.15, 0.2) is 0 Å². The number of aromatic nitrogens is 2. The summed E-state index contributed by atoms with van der Waals surface area (Å²) < 4.78 is 3.23. The number of nitrogens with zero attached hydrogens (tertiary/aromatic N) is 2. The summed E-state index contributed by atoms with van der Waals surface area (Å²) in [5.41, 5.74) is 4.54. The van der Waals surface area contributed by atoms with Crippen molar-refractivity contribution in [3.05, 3.63) is 33.7 Å². The fourth-order valence-electron chi connectivity index (χ4n) is 1.40. The highest BCUT2D eigenvalue weighted by Gasteiger charge is 2.05. The van der Waals surface area contributed by atoms with Gasteiger partial charge in [0.2, 0.25) is 0 Å². The van der Waals surface area contributed by atoms with Crippen LogP contribution in [0.4, 0.5) is 0 Å². The second kappa shape index (κ2) is 2.84. The summed E-state index contributed by atoms with van der Waals surface area (Å²) in [5.74, 6) is 0. The van der Waals surface area contributed by atoms with Crippen molar-refractivity contribution in [3.63, 3.8) is 0 Å². The molecule has 0 N–H and O–H groups in total. The molecule has 0 aromatic carbocycles. The molecule has 0 radical (unpaired) electrons. The zero-order valence-corrected chi connectivity index (χ0v) is 9.51. The molecule has 2 nitrogen and oxygen atoms in total. The number of fused-ring (bicyclic) bond motifs is 1. The van der Waals surface area contributed by atoms with Gasteiger partial charge in [0.05, 0.1) is 5.69 Å². The summed E-state index contributed by atoms with van der Waals surface area (Å²) in [7, 11) is 0. The van der Waals surface area contributed by atoms with Gasteiger partial charge >= 0.3 is 0 Å². The van der Waals surface area contributed by atoms with Gasteiger partial charge in [-0.05, 0) is 48.3 Å². The normalized spacial score (nSPS) is 11.1. The van der Waals surface area contributed by atoms with Crippen LogP contribution in [0.5, 0.6) is 0 Å². The van der Waals surface area contributed by atoms with Crippen LogP contribution in [-0.2, 0) is 0 Å². The largest absolute Gasteiger partial charge is 0.303 e. The van der Waals surface area contributed by atoms with Crippen LogP contribution >= 0.6 is 15.9 Å². The van der Waals surface area contributed by atoms with Gasteiger partial charge in [-0.15, -0.1) is 0 Å². The number of imidazole rings is 1. The number of hydrogen-bond acceptors (Lipinski definition) is 1. The van der Waals surface area contributed by atoms with Gasteiger partial charge in [0.25, 0.3) is 0 Å². The fraction of sp³-hybridized carbons (Fsp3) is 0.300. The molecule has 2 aromatic rings. The lowest BCUT2D eigenvalue weighted by molar-refractivity contribution is 1.08. The highest BCUT2D eigenvalue weighted by Crippen LogP contribution is 2.19. The summed E-state index contributed by atoms with van der Waals surface area (Å²) in [6, 6.07) is 2.09. The van der Waals surface area contributed by atoms with Gasteiger partial charge in [-0.3, -0.25) is 0 Å². The van der Waals surface area contributed by atoms with E-state index in [1.165, 1.54) is 11.3 Å². The molecular formula is C10H11BrN2. The maximum absolute atomic E-state index is 4.46. The van der Waals surface area contributed by atoms with Gasteiger partial charge in [0.1, 0.15) is 5.65 Å². The third-order valence-electron chi connectivity index (χ3n) is 2.38. The van der Waals surface area contributed by atoms with E-state index in [-0.39, 0.29) is 0 Å². The van der Waals surface area contributed by atoms with Crippen LogP contribution in [0.1, 0.15) is 17.0 Å². The van der Waals surface area contributed by atoms with Gasteiger partial charge < -0.3 is 4.40 Å². The Hall–Kier alpha value is -0.830. The molecule has 0 amide bonds. The Morgan fingerprint density at radius 3 is 2.69 bits per heavy atom. The summed E-state index contributed by atoms with van der Waals surface area (Å²) in [6.07, 6.45) is 2.07. The maximum atomic E-state index is 4.46. The van der Waals surface area contributed by atoms with E-state index in [0.29, 0.717) is 0 Å². The van der Waals surface area contributed by atoms with Crippen molar-refractivity contribution in [2.75, 3.05) is 0 Å². The molecule has 0 bridgehead atoms. The van der Waals surface area contributed by atoms with Crippen LogP contribution in [0.3, 0.4) is 0 Å². The smallest absolute Gasteiger partial charge is 0.137 e. The molecule has 0 aliphatic heterocycles. The topological polar surface area (TPSA) is 17.3 Å². The van der Waals surface area contributed by atoms with E-state index in [4.69, 9.17) is 0 Å². The molecule has 0 atom stereocenters. The summed E-state index contributed by atoms with van der Waals surface area (Å²) in [5, 5.41) is 0. The quantitative estimate of drug-likeness (QED) is 0.690. The summed E-state index contributed by atoms with van der Waals surface area (Å²) in [4.78, 5) is 4.46. The van der Waals surface area contributed by atoms with Crippen molar-refractivity contribution in [1.29, 1.82) is 0 Å². The highest BCUT2D eigenvalue weighted by molar-refractivity contribution is 9.10. The Labute approximate surface area is 85.7 Å². The van der Waals surface area contributed by atoms with Crippen molar-refractivity contribution in [3.8, 4) is 0 Å². The third-order valence-corrected chi connectivity index (χ3v) is 3.21. The zero-order chi connectivity index (χ0) is 9.59. The van der Waals surface area contributed by atoms with E-state index >= 15 is 0 Å². The number of halogens is 1. The zero-order valence-electron chi connectivity index (χ0n) is 7.93. The first kappa shape index (κ1) is 8.75. The average Bonchev–Trinajstić information content (AvgIpc) is 2.32. The van der Waals surface area contributed by atoms with Crippen LogP contribution in [0.25, 0.3) is 5.65 Å². The van der Waals surface area contributed by atoms with Gasteiger partial charge in [-0.1, -0.05) is 0 Å². The molecule has 0 spiro atoms. The molecule has 2 heterocycles. The molecule has 2 aromatic heterocycles. The first-order chi connectivity index (χ1) is 6.09. The predicted molar refractivity (Wildman–Crippen MR) is 57.1 cm³/mol. The van der Waals surface area contributed by atoms with Gasteiger partial charge in [-0.25, -0.2) is 4.98 Å². The lowest BCUT2D eigenvalue weighted by Crippen LogP contribution is -1.89. The predicted octanol–water partition coefficient (Wildman–Crippen LogP) is 3.02. The standard InChI is InChI=1S/C10H11BrN2/c1-6-4-10-12-7(2)8(3)13(10)5-9(6)11/h4-5H,1-3H3. The maximum Gasteiger partial charge on any atom is 0.137 e. The van der Waals surface area contributed by atoms with Crippen LogP contribution < -0.4 is 0 Å². The summed E-state index contributed by atoms with van der Waals surface area (Å²) >= 11 is 3.51. The molecule has 0 saturated carbocycles. The molecule has 0 aliphatic carbocycles. The molecule has 3 heteroatoms. The van der Waals surface area contributed by atoms with E-state index < -0.39 is 0 Å². The Bertz CT molecular complexity index is 471. The Morgan fingerprint density at radius 2 is 2.00 bits per heavy atom. The number of hydrogen-bond donors (Lipinski definition) is 0. The Kier molecular flexibility index (Phi) is 1.91. The third kappa shape index (κ3) is 1.27. The minimum absolute atomic E-state index is 1.02. The number of pyridine rings is 1. The van der Waals surface area contributed by atoms with Crippen LogP contribution in [0.15, 0.2) is 16.7 Å². The van der Waals surface area contributed by atoms with Crippen LogP contribution in [0, 0.1) is 20.8 Å². The molecular weight excluding hydrogens is 228 g/mol. The van der Waals surface area contributed by atoms with E-state index in [1.807, 2.05) is 6.92 Å². The van der Waals surface area contributed by atoms with Crippen LogP contribution in [-0.4, -0.2) is 9.38 Å². The second-order valence-electron chi connectivity index (χ2n) is 3.32. The molecule has 13 heavy (non-hydrogen) atoms. The van der Waals surface area contributed by atoms with Crippen LogP contribution in [0.2, 0.25) is 0 Å². The second-order valence-corrected chi connectivity index (χ2v) is 4.17. The van der Waals surface area contributed by atoms with Gasteiger partial charge in [0, 0.05) is 16.4 Å². The number of aryl methyl sites for hydroxylation is 3. The monoisotopic (exact) mass is 238 g/mol. The molecule has 2 rings (SSSR count). The van der Waals surface area contributed by atoms with Gasteiger partial charge in [-0.2, -0.15) is 0 Å². The molecule has 0 aliphatic rings. The first-order valence-corrected chi connectivity index (χ1v) is 5.00. The van der Waals surface area contributed by atoms with Crippen molar-refractivity contribution in [2.45, 2.75) is 20.8 Å². The van der Waals surface area contributed by atoms with Crippen molar-refractivity contribution >= 4 is 21.6 Å². The van der Waals surface area contributed by atoms with E-state index in [2.05, 4.69) is 51.4 Å². The van der Waals surface area contributed by atoms with Crippen molar-refractivity contribution in [1.82, 2.24) is 9.38 Å². The minimum atomic E-state index is 1.02.